The number of para-hydroxylation sites is 1. The van der Waals surface area contributed by atoms with Gasteiger partial charge in [0.25, 0.3) is 0 Å². The predicted molar refractivity (Wildman–Crippen MR) is 90.6 cm³/mol. The first-order valence-corrected chi connectivity index (χ1v) is 7.76. The summed E-state index contributed by atoms with van der Waals surface area (Å²) in [7, 11) is 0. The van der Waals surface area contributed by atoms with Crippen molar-refractivity contribution in [1.82, 2.24) is 0 Å². The minimum absolute atomic E-state index is 0.102. The van der Waals surface area contributed by atoms with Gasteiger partial charge >= 0.3 is 5.97 Å². The fourth-order valence-corrected chi connectivity index (χ4v) is 2.37. The fraction of sp³-hybridized carbons (Fsp3) is 0.263. The number of carboxylic acid groups (broad SMARTS) is 1. The molecule has 23 heavy (non-hydrogen) atoms. The smallest absolute Gasteiger partial charge is 0.307 e. The Morgan fingerprint density at radius 2 is 1.65 bits per heavy atom. The monoisotopic (exact) mass is 311 g/mol. The molecule has 0 spiro atoms. The minimum Gasteiger partial charge on any atom is -0.481 e. The van der Waals surface area contributed by atoms with Crippen molar-refractivity contribution >= 4 is 17.6 Å². The fourth-order valence-electron chi connectivity index (χ4n) is 2.37. The van der Waals surface area contributed by atoms with Gasteiger partial charge in [-0.15, -0.1) is 0 Å². The van der Waals surface area contributed by atoms with Gasteiger partial charge in [0.2, 0.25) is 5.91 Å². The van der Waals surface area contributed by atoms with E-state index in [0.29, 0.717) is 24.1 Å². The van der Waals surface area contributed by atoms with Gasteiger partial charge in [-0.1, -0.05) is 49.4 Å². The Bertz CT molecular complexity index is 677. The quantitative estimate of drug-likeness (QED) is 0.823. The molecule has 0 heterocycles. The van der Waals surface area contributed by atoms with Crippen LogP contribution in [0, 0.1) is 0 Å². The molecule has 0 unspecified atom stereocenters. The van der Waals surface area contributed by atoms with Crippen molar-refractivity contribution in [2.24, 2.45) is 0 Å². The van der Waals surface area contributed by atoms with Crippen LogP contribution in [0.2, 0.25) is 0 Å². The number of amides is 1. The number of nitrogens with one attached hydrogen (secondary N) is 1. The Labute approximate surface area is 136 Å². The van der Waals surface area contributed by atoms with E-state index >= 15 is 0 Å². The zero-order valence-corrected chi connectivity index (χ0v) is 13.2. The maximum atomic E-state index is 12.1. The Balaban J connectivity index is 1.93. The van der Waals surface area contributed by atoms with E-state index in [1.165, 1.54) is 5.56 Å². The third-order valence-corrected chi connectivity index (χ3v) is 3.71. The third-order valence-electron chi connectivity index (χ3n) is 3.71. The van der Waals surface area contributed by atoms with E-state index in [0.717, 1.165) is 12.0 Å². The van der Waals surface area contributed by atoms with Crippen LogP contribution in [0.1, 0.15) is 30.0 Å². The normalized spacial score (nSPS) is 10.3. The van der Waals surface area contributed by atoms with Crippen LogP contribution in [0.5, 0.6) is 0 Å². The van der Waals surface area contributed by atoms with Gasteiger partial charge in [0, 0.05) is 12.1 Å². The molecule has 0 saturated heterocycles. The number of carbonyl (C=O) groups is 2. The second-order valence-corrected chi connectivity index (χ2v) is 5.45. The number of rotatable bonds is 7. The number of aryl methyl sites for hydroxylation is 2. The summed E-state index contributed by atoms with van der Waals surface area (Å²) in [6.45, 7) is 2.11. The van der Waals surface area contributed by atoms with Gasteiger partial charge in [0.05, 0.1) is 6.42 Å². The van der Waals surface area contributed by atoms with E-state index < -0.39 is 5.97 Å². The molecule has 0 aliphatic heterocycles. The Morgan fingerprint density at radius 1 is 1.00 bits per heavy atom. The predicted octanol–water partition coefficient (Wildman–Crippen LogP) is 3.45. The summed E-state index contributed by atoms with van der Waals surface area (Å²) in [5.41, 5.74) is 3.58. The van der Waals surface area contributed by atoms with Gasteiger partial charge in [-0.25, -0.2) is 0 Å². The Morgan fingerprint density at radius 3 is 2.30 bits per heavy atom. The molecule has 4 nitrogen and oxygen atoms in total. The number of hydrogen-bond acceptors (Lipinski definition) is 2. The molecule has 1 amide bonds. The van der Waals surface area contributed by atoms with Gasteiger partial charge in [0.1, 0.15) is 0 Å². The number of carboxylic acids is 1. The highest BCUT2D eigenvalue weighted by Crippen LogP contribution is 2.16. The van der Waals surface area contributed by atoms with Crippen LogP contribution < -0.4 is 5.32 Å². The Hall–Kier alpha value is -2.62. The van der Waals surface area contributed by atoms with Crippen molar-refractivity contribution < 1.29 is 14.7 Å². The molecule has 0 aliphatic rings. The van der Waals surface area contributed by atoms with Crippen LogP contribution in [0.15, 0.2) is 48.5 Å². The summed E-state index contributed by atoms with van der Waals surface area (Å²) in [5, 5.41) is 11.7. The lowest BCUT2D eigenvalue weighted by atomic mass is 10.1. The van der Waals surface area contributed by atoms with E-state index in [2.05, 4.69) is 24.4 Å². The summed E-state index contributed by atoms with van der Waals surface area (Å²) >= 11 is 0. The number of aliphatic carboxylic acids is 1. The summed E-state index contributed by atoms with van der Waals surface area (Å²) in [5.74, 6) is -1.02. The van der Waals surface area contributed by atoms with Gasteiger partial charge in [-0.2, -0.15) is 0 Å². The highest BCUT2D eigenvalue weighted by molar-refractivity contribution is 5.92. The van der Waals surface area contributed by atoms with E-state index in [1.54, 1.807) is 24.3 Å². The average Bonchev–Trinajstić information content (AvgIpc) is 2.55. The first-order chi connectivity index (χ1) is 11.1. The minimum atomic E-state index is -0.914. The first kappa shape index (κ1) is 16.7. The molecule has 2 N–H and O–H groups in total. The highest BCUT2D eigenvalue weighted by Gasteiger charge is 2.09. The van der Waals surface area contributed by atoms with Crippen LogP contribution in [-0.4, -0.2) is 17.0 Å². The molecule has 2 aromatic rings. The zero-order chi connectivity index (χ0) is 16.7. The summed E-state index contributed by atoms with van der Waals surface area (Å²) in [6, 6.07) is 15.2. The van der Waals surface area contributed by atoms with E-state index in [4.69, 9.17) is 5.11 Å². The van der Waals surface area contributed by atoms with Gasteiger partial charge < -0.3 is 10.4 Å². The maximum absolute atomic E-state index is 12.1. The number of hydrogen-bond donors (Lipinski definition) is 2. The van der Waals surface area contributed by atoms with Crippen molar-refractivity contribution in [2.45, 2.75) is 32.6 Å². The molecule has 0 aromatic heterocycles. The second kappa shape index (κ2) is 8.13. The summed E-state index contributed by atoms with van der Waals surface area (Å²) in [4.78, 5) is 22.9. The summed E-state index contributed by atoms with van der Waals surface area (Å²) in [6.07, 6.45) is 1.93. The molecule has 0 fully saturated rings. The molecular formula is C19H21NO3. The third kappa shape index (κ3) is 5.25. The lowest BCUT2D eigenvalue weighted by Gasteiger charge is -2.10. The van der Waals surface area contributed by atoms with Crippen LogP contribution in [0.4, 0.5) is 5.69 Å². The number of anilines is 1. The van der Waals surface area contributed by atoms with Crippen molar-refractivity contribution in [3.8, 4) is 0 Å². The SMILES string of the molecule is CCc1ccc(CCC(=O)Nc2ccccc2CC(=O)O)cc1. The molecule has 2 rings (SSSR count). The van der Waals surface area contributed by atoms with Crippen molar-refractivity contribution in [2.75, 3.05) is 5.32 Å². The van der Waals surface area contributed by atoms with Gasteiger partial charge in [-0.3, -0.25) is 9.59 Å². The second-order valence-electron chi connectivity index (χ2n) is 5.45. The number of carbonyl (C=O) groups excluding carboxylic acids is 1. The van der Waals surface area contributed by atoms with Gasteiger partial charge in [-0.05, 0) is 35.6 Å². The highest BCUT2D eigenvalue weighted by atomic mass is 16.4. The summed E-state index contributed by atoms with van der Waals surface area (Å²) < 4.78 is 0. The zero-order valence-electron chi connectivity index (χ0n) is 13.2. The molecule has 0 aliphatic carbocycles. The van der Waals surface area contributed by atoms with Crippen LogP contribution in [-0.2, 0) is 28.9 Å². The Kier molecular flexibility index (Phi) is 5.92. The maximum Gasteiger partial charge on any atom is 0.307 e. The van der Waals surface area contributed by atoms with Crippen molar-refractivity contribution in [1.29, 1.82) is 0 Å². The first-order valence-electron chi connectivity index (χ1n) is 7.76. The molecule has 120 valence electrons. The molecule has 4 heteroatoms. The molecule has 0 radical (unpaired) electrons. The van der Waals surface area contributed by atoms with Crippen LogP contribution >= 0.6 is 0 Å². The molecule has 0 atom stereocenters. The van der Waals surface area contributed by atoms with Crippen molar-refractivity contribution in [3.05, 3.63) is 65.2 Å². The molecule has 0 saturated carbocycles. The standard InChI is InChI=1S/C19H21NO3/c1-2-14-7-9-15(10-8-14)11-12-18(21)20-17-6-4-3-5-16(17)13-19(22)23/h3-10H,2,11-13H2,1H3,(H,20,21)(H,22,23). The topological polar surface area (TPSA) is 66.4 Å². The molecule has 2 aromatic carbocycles. The number of benzene rings is 2. The van der Waals surface area contributed by atoms with E-state index in [9.17, 15) is 9.59 Å². The molecular weight excluding hydrogens is 290 g/mol. The van der Waals surface area contributed by atoms with Crippen LogP contribution in [0.3, 0.4) is 0 Å². The van der Waals surface area contributed by atoms with Crippen LogP contribution in [0.25, 0.3) is 0 Å². The lowest BCUT2D eigenvalue weighted by molar-refractivity contribution is -0.136. The van der Waals surface area contributed by atoms with Crippen molar-refractivity contribution in [3.63, 3.8) is 0 Å². The van der Waals surface area contributed by atoms with Gasteiger partial charge in [0.15, 0.2) is 0 Å². The largest absolute Gasteiger partial charge is 0.481 e. The van der Waals surface area contributed by atoms with E-state index in [1.807, 2.05) is 12.1 Å². The lowest BCUT2D eigenvalue weighted by Crippen LogP contribution is -2.14. The van der Waals surface area contributed by atoms with E-state index in [-0.39, 0.29) is 12.3 Å². The average molecular weight is 311 g/mol. The molecule has 0 bridgehead atoms.